The average molecular weight is 518 g/mol. The Kier molecular flexibility index (Phi) is 6.39. The average Bonchev–Trinajstić information content (AvgIpc) is 3.41. The number of aryl methyl sites for hydroxylation is 1. The number of carbonyl (C=O) groups is 2. The lowest BCUT2D eigenvalue weighted by Gasteiger charge is -2.26. The van der Waals surface area contributed by atoms with Crippen LogP contribution in [0.4, 0.5) is 24.3 Å². The summed E-state index contributed by atoms with van der Waals surface area (Å²) >= 11 is 1.10. The number of aromatic nitrogens is 3. The minimum absolute atomic E-state index is 0.0600. The summed E-state index contributed by atoms with van der Waals surface area (Å²) in [6.45, 7) is 2.11. The molecule has 1 N–H and O–H groups in total. The summed E-state index contributed by atoms with van der Waals surface area (Å²) in [5, 5.41) is 3.47. The van der Waals surface area contributed by atoms with Gasteiger partial charge in [-0.25, -0.2) is 9.97 Å². The lowest BCUT2D eigenvalue weighted by molar-refractivity contribution is -0.137. The maximum Gasteiger partial charge on any atom is 0.416 e. The van der Waals surface area contributed by atoms with Crippen molar-refractivity contribution in [2.45, 2.75) is 19.0 Å². The summed E-state index contributed by atoms with van der Waals surface area (Å²) in [7, 11) is 1.79. The number of fused-ring (bicyclic) bond motifs is 2. The normalized spacial score (nSPS) is 14.5. The van der Waals surface area contributed by atoms with Gasteiger partial charge in [-0.15, -0.1) is 0 Å². The molecule has 1 fully saturated rings. The van der Waals surface area contributed by atoms with E-state index >= 15 is 0 Å². The number of benzene rings is 2. The Morgan fingerprint density at radius 3 is 2.58 bits per heavy atom. The highest BCUT2D eigenvalue weighted by molar-refractivity contribution is 7.22. The maximum atomic E-state index is 13.0. The third-order valence-electron chi connectivity index (χ3n) is 6.07. The van der Waals surface area contributed by atoms with Gasteiger partial charge >= 0.3 is 6.18 Å². The fourth-order valence-corrected chi connectivity index (χ4v) is 4.97. The van der Waals surface area contributed by atoms with Crippen LogP contribution < -0.4 is 5.32 Å². The lowest BCUT2D eigenvalue weighted by atomic mass is 10.1. The van der Waals surface area contributed by atoms with Gasteiger partial charge in [-0.1, -0.05) is 11.3 Å². The van der Waals surface area contributed by atoms with Crippen LogP contribution in [0.2, 0.25) is 0 Å². The number of nitrogens with zero attached hydrogens (tertiary/aromatic N) is 4. The number of thiazole rings is 1. The number of nitrogens with one attached hydrogen (secondary N) is 1. The number of carbonyl (C=O) groups excluding carboxylic acids is 2. The Labute approximate surface area is 207 Å². The van der Waals surface area contributed by atoms with Crippen LogP contribution in [0.15, 0.2) is 36.4 Å². The number of anilines is 2. The molecule has 0 bridgehead atoms. The number of Topliss-reactive ketones (excluding diaryl/α,β-unsaturated/α-hetero) is 1. The number of amides is 1. The molecule has 4 aromatic rings. The zero-order valence-electron chi connectivity index (χ0n) is 19.3. The first-order valence-electron chi connectivity index (χ1n) is 11.3. The fraction of sp³-hybridized carbons (Fsp3) is 0.333. The largest absolute Gasteiger partial charge is 0.416 e. The van der Waals surface area contributed by atoms with Crippen molar-refractivity contribution in [3.8, 4) is 0 Å². The van der Waals surface area contributed by atoms with E-state index in [4.69, 9.17) is 4.74 Å². The number of ketones is 1. The van der Waals surface area contributed by atoms with E-state index < -0.39 is 11.7 Å². The summed E-state index contributed by atoms with van der Waals surface area (Å²) < 4.78 is 46.5. The topological polar surface area (TPSA) is 89.3 Å². The molecule has 12 heteroatoms. The second-order valence-corrected chi connectivity index (χ2v) is 9.47. The Morgan fingerprint density at radius 1 is 1.06 bits per heavy atom. The molecule has 3 heterocycles. The van der Waals surface area contributed by atoms with Crippen LogP contribution >= 0.6 is 11.3 Å². The zero-order chi connectivity index (χ0) is 25.4. The number of ether oxygens (including phenoxy) is 1. The first-order valence-corrected chi connectivity index (χ1v) is 12.1. The standard InChI is InChI=1S/C24H22F3N5O3S/c1-31-18-5-2-14(19(33)6-7-21(34)32-8-10-35-11-9-32)12-17(18)28-22(31)30-23-29-16-4-3-15(24(25,26)27)13-20(16)36-23/h2-5,12-13H,6-11H2,1H3,(H,28,29,30). The Morgan fingerprint density at radius 2 is 1.83 bits per heavy atom. The number of rotatable bonds is 6. The van der Waals surface area contributed by atoms with Crippen LogP contribution in [-0.2, 0) is 22.8 Å². The van der Waals surface area contributed by atoms with Crippen molar-refractivity contribution in [3.63, 3.8) is 0 Å². The van der Waals surface area contributed by atoms with Crippen molar-refractivity contribution in [1.82, 2.24) is 19.4 Å². The highest BCUT2D eigenvalue weighted by Crippen LogP contribution is 2.35. The van der Waals surface area contributed by atoms with Gasteiger partial charge in [-0.05, 0) is 36.4 Å². The Balaban J connectivity index is 1.31. The van der Waals surface area contributed by atoms with Crippen LogP contribution in [0.25, 0.3) is 21.3 Å². The second-order valence-electron chi connectivity index (χ2n) is 8.44. The molecule has 0 aliphatic carbocycles. The zero-order valence-corrected chi connectivity index (χ0v) is 20.1. The van der Waals surface area contributed by atoms with Gasteiger partial charge in [-0.2, -0.15) is 13.2 Å². The van der Waals surface area contributed by atoms with Crippen molar-refractivity contribution < 1.29 is 27.5 Å². The van der Waals surface area contributed by atoms with Crippen molar-refractivity contribution in [2.24, 2.45) is 7.05 Å². The van der Waals surface area contributed by atoms with Crippen LogP contribution in [0.5, 0.6) is 0 Å². The number of hydrogen-bond acceptors (Lipinski definition) is 7. The predicted octanol–water partition coefficient (Wildman–Crippen LogP) is 4.77. The molecular weight excluding hydrogens is 495 g/mol. The molecule has 1 aliphatic rings. The SMILES string of the molecule is Cn1c(Nc2nc3ccc(C(F)(F)F)cc3s2)nc2cc(C(=O)CCC(=O)N3CCOCC3)ccc21. The molecule has 5 rings (SSSR count). The molecule has 1 saturated heterocycles. The highest BCUT2D eigenvalue weighted by Gasteiger charge is 2.30. The number of hydrogen-bond donors (Lipinski definition) is 1. The van der Waals surface area contributed by atoms with Crippen molar-refractivity contribution in [1.29, 1.82) is 0 Å². The number of halogens is 3. The van der Waals surface area contributed by atoms with Crippen LogP contribution in [0, 0.1) is 0 Å². The summed E-state index contributed by atoms with van der Waals surface area (Å²) in [5.41, 5.74) is 1.52. The molecule has 1 aliphatic heterocycles. The first-order chi connectivity index (χ1) is 17.2. The molecule has 8 nitrogen and oxygen atoms in total. The van der Waals surface area contributed by atoms with Gasteiger partial charge < -0.3 is 19.5 Å². The van der Waals surface area contributed by atoms with Crippen molar-refractivity contribution in [3.05, 3.63) is 47.5 Å². The Hall–Kier alpha value is -3.51. The monoisotopic (exact) mass is 517 g/mol. The second kappa shape index (κ2) is 9.51. The van der Waals surface area contributed by atoms with Gasteiger partial charge in [0.2, 0.25) is 11.9 Å². The lowest BCUT2D eigenvalue weighted by Crippen LogP contribution is -2.40. The van der Waals surface area contributed by atoms with E-state index in [1.807, 2.05) is 0 Å². The quantitative estimate of drug-likeness (QED) is 0.371. The molecule has 188 valence electrons. The molecule has 1 amide bonds. The van der Waals surface area contributed by atoms with Gasteiger partial charge in [0, 0.05) is 38.5 Å². The molecule has 0 spiro atoms. The summed E-state index contributed by atoms with van der Waals surface area (Å²) in [6, 6.07) is 8.58. The summed E-state index contributed by atoms with van der Waals surface area (Å²) in [4.78, 5) is 35.7. The van der Waals surface area contributed by atoms with E-state index in [2.05, 4.69) is 15.3 Å². The third kappa shape index (κ3) is 4.91. The van der Waals surface area contributed by atoms with E-state index in [0.29, 0.717) is 58.7 Å². The first kappa shape index (κ1) is 24.2. The number of alkyl halides is 3. The van der Waals surface area contributed by atoms with E-state index in [0.717, 1.165) is 29.0 Å². The van der Waals surface area contributed by atoms with Crippen molar-refractivity contribution >= 4 is 55.4 Å². The number of morpholine rings is 1. The minimum Gasteiger partial charge on any atom is -0.378 e. The predicted molar refractivity (Wildman–Crippen MR) is 130 cm³/mol. The van der Waals surface area contributed by atoms with E-state index in [1.54, 1.807) is 34.7 Å². The van der Waals surface area contributed by atoms with Gasteiger partial charge in [0.25, 0.3) is 0 Å². The van der Waals surface area contributed by atoms with Gasteiger partial charge in [0.1, 0.15) is 0 Å². The number of imidazole rings is 1. The molecule has 0 radical (unpaired) electrons. The fourth-order valence-electron chi connectivity index (χ4n) is 4.07. The smallest absolute Gasteiger partial charge is 0.378 e. The summed E-state index contributed by atoms with van der Waals surface area (Å²) in [6.07, 6.45) is -4.18. The molecule has 0 unspecified atom stereocenters. The van der Waals surface area contributed by atoms with E-state index in [1.165, 1.54) is 6.07 Å². The molecule has 36 heavy (non-hydrogen) atoms. The van der Waals surface area contributed by atoms with Crippen LogP contribution in [-0.4, -0.2) is 57.4 Å². The third-order valence-corrected chi connectivity index (χ3v) is 7.00. The van der Waals surface area contributed by atoms with Gasteiger partial charge in [-0.3, -0.25) is 9.59 Å². The highest BCUT2D eigenvalue weighted by atomic mass is 32.1. The van der Waals surface area contributed by atoms with Gasteiger partial charge in [0.05, 0.1) is 40.0 Å². The molecule has 0 saturated carbocycles. The van der Waals surface area contributed by atoms with Crippen LogP contribution in [0.3, 0.4) is 0 Å². The molecular formula is C24H22F3N5O3S. The van der Waals surface area contributed by atoms with Crippen molar-refractivity contribution in [2.75, 3.05) is 31.6 Å². The van der Waals surface area contributed by atoms with E-state index in [-0.39, 0.29) is 24.5 Å². The minimum atomic E-state index is -4.42. The summed E-state index contributed by atoms with van der Waals surface area (Å²) in [5.74, 6) is 0.229. The van der Waals surface area contributed by atoms with Crippen LogP contribution in [0.1, 0.15) is 28.8 Å². The van der Waals surface area contributed by atoms with E-state index in [9.17, 15) is 22.8 Å². The molecule has 0 atom stereocenters. The van der Waals surface area contributed by atoms with Gasteiger partial charge in [0.15, 0.2) is 10.9 Å². The molecule has 2 aromatic heterocycles. The molecule has 2 aromatic carbocycles. The maximum absolute atomic E-state index is 13.0. The Bertz CT molecular complexity index is 1460.